The molecular weight excluding hydrogens is 324 g/mol. The van der Waals surface area contributed by atoms with Crippen LogP contribution in [0.1, 0.15) is 16.7 Å². The largest absolute Gasteiger partial charge is 0.489 e. The lowest BCUT2D eigenvalue weighted by molar-refractivity contribution is 0.306. The van der Waals surface area contributed by atoms with E-state index in [2.05, 4.69) is 15.3 Å². The average molecular weight is 342 g/mol. The van der Waals surface area contributed by atoms with Gasteiger partial charge in [0.1, 0.15) is 18.2 Å². The van der Waals surface area contributed by atoms with Gasteiger partial charge in [0.15, 0.2) is 6.19 Å². The minimum absolute atomic E-state index is 0.439. The fourth-order valence-electron chi connectivity index (χ4n) is 2.41. The Kier molecular flexibility index (Phi) is 5.95. The molecule has 0 unspecified atom stereocenters. The molecule has 0 atom stereocenters. The Balaban J connectivity index is 1.68. The molecule has 0 bridgehead atoms. The molecule has 0 fully saturated rings. The quantitative estimate of drug-likeness (QED) is 0.321. The molecule has 0 spiro atoms. The second-order valence-corrected chi connectivity index (χ2v) is 5.56. The lowest BCUT2D eigenvalue weighted by Crippen LogP contribution is -2.19. The van der Waals surface area contributed by atoms with Gasteiger partial charge < -0.3 is 4.74 Å². The van der Waals surface area contributed by atoms with E-state index in [1.165, 1.54) is 0 Å². The minimum Gasteiger partial charge on any atom is -0.489 e. The number of amidine groups is 1. The van der Waals surface area contributed by atoms with E-state index in [0.717, 1.165) is 22.4 Å². The first-order valence-electron chi connectivity index (χ1n) is 8.21. The summed E-state index contributed by atoms with van der Waals surface area (Å²) in [7, 11) is 0. The van der Waals surface area contributed by atoms with Gasteiger partial charge in [0.2, 0.25) is 0 Å². The summed E-state index contributed by atoms with van der Waals surface area (Å²) in [4.78, 5) is 8.49. The minimum atomic E-state index is 0.439. The van der Waals surface area contributed by atoms with Crippen LogP contribution in [-0.4, -0.2) is 10.8 Å². The van der Waals surface area contributed by atoms with Crippen LogP contribution in [0, 0.1) is 11.5 Å². The molecule has 0 amide bonds. The first kappa shape index (κ1) is 17.2. The standard InChI is InChI=1S/C21H18N4O/c22-16-25-21(19-9-11-23-12-10-19)24-14-18-7-4-8-20(13-18)26-15-17-5-2-1-3-6-17/h1-13H,14-15H2,(H,24,25). The Labute approximate surface area is 152 Å². The predicted octanol–water partition coefficient (Wildman–Crippen LogP) is 3.68. The number of ether oxygens (including phenoxy) is 1. The molecule has 5 heteroatoms. The van der Waals surface area contributed by atoms with Crippen LogP contribution < -0.4 is 10.1 Å². The predicted molar refractivity (Wildman–Crippen MR) is 100 cm³/mol. The van der Waals surface area contributed by atoms with Crippen LogP contribution in [0.15, 0.2) is 84.1 Å². The molecule has 3 rings (SSSR count). The number of aromatic nitrogens is 1. The Morgan fingerprint density at radius 2 is 1.77 bits per heavy atom. The number of aliphatic imine (C=N–C) groups is 1. The molecule has 128 valence electrons. The van der Waals surface area contributed by atoms with Gasteiger partial charge in [-0.15, -0.1) is 0 Å². The Hall–Kier alpha value is -3.65. The fraction of sp³-hybridized carbons (Fsp3) is 0.0952. The highest BCUT2D eigenvalue weighted by Gasteiger charge is 2.03. The molecule has 0 saturated carbocycles. The maximum Gasteiger partial charge on any atom is 0.182 e. The highest BCUT2D eigenvalue weighted by Crippen LogP contribution is 2.16. The zero-order valence-electron chi connectivity index (χ0n) is 14.2. The molecule has 3 aromatic rings. The van der Waals surface area contributed by atoms with Crippen LogP contribution in [0.2, 0.25) is 0 Å². The maximum atomic E-state index is 8.94. The van der Waals surface area contributed by atoms with Crippen LogP contribution >= 0.6 is 0 Å². The van der Waals surface area contributed by atoms with Crippen LogP contribution in [0.4, 0.5) is 0 Å². The van der Waals surface area contributed by atoms with Gasteiger partial charge in [-0.05, 0) is 35.4 Å². The first-order valence-corrected chi connectivity index (χ1v) is 8.21. The second kappa shape index (κ2) is 9.00. The zero-order chi connectivity index (χ0) is 18.0. The number of hydrogen-bond acceptors (Lipinski definition) is 4. The number of benzene rings is 2. The van der Waals surface area contributed by atoms with Crippen LogP contribution in [-0.2, 0) is 13.2 Å². The molecule has 0 aliphatic carbocycles. The normalized spacial score (nSPS) is 10.8. The summed E-state index contributed by atoms with van der Waals surface area (Å²) in [5.74, 6) is 1.31. The highest BCUT2D eigenvalue weighted by molar-refractivity contribution is 5.99. The molecule has 2 aromatic carbocycles. The Morgan fingerprint density at radius 3 is 2.54 bits per heavy atom. The van der Waals surface area contributed by atoms with Crippen molar-refractivity contribution in [2.75, 3.05) is 0 Å². The van der Waals surface area contributed by atoms with Crippen molar-refractivity contribution >= 4 is 5.84 Å². The van der Waals surface area contributed by atoms with Gasteiger partial charge >= 0.3 is 0 Å². The van der Waals surface area contributed by atoms with Crippen molar-refractivity contribution in [1.29, 1.82) is 5.26 Å². The van der Waals surface area contributed by atoms with E-state index in [9.17, 15) is 0 Å². The van der Waals surface area contributed by atoms with Crippen molar-refractivity contribution in [2.24, 2.45) is 4.99 Å². The monoisotopic (exact) mass is 342 g/mol. The van der Waals surface area contributed by atoms with E-state index in [-0.39, 0.29) is 0 Å². The van der Waals surface area contributed by atoms with E-state index in [1.807, 2.05) is 72.9 Å². The summed E-state index contributed by atoms with van der Waals surface area (Å²) in [6.45, 7) is 0.959. The topological polar surface area (TPSA) is 70.3 Å². The summed E-state index contributed by atoms with van der Waals surface area (Å²) in [5.41, 5.74) is 2.94. The first-order chi connectivity index (χ1) is 12.8. The van der Waals surface area contributed by atoms with Gasteiger partial charge in [-0.1, -0.05) is 42.5 Å². The molecule has 1 heterocycles. The number of nitrogens with one attached hydrogen (secondary N) is 1. The average Bonchev–Trinajstić information content (AvgIpc) is 2.71. The molecule has 1 aromatic heterocycles. The zero-order valence-corrected chi connectivity index (χ0v) is 14.2. The van der Waals surface area contributed by atoms with Crippen molar-refractivity contribution in [3.05, 3.63) is 95.8 Å². The smallest absolute Gasteiger partial charge is 0.182 e. The summed E-state index contributed by atoms with van der Waals surface area (Å²) < 4.78 is 5.85. The second-order valence-electron chi connectivity index (χ2n) is 5.56. The van der Waals surface area contributed by atoms with Crippen molar-refractivity contribution in [2.45, 2.75) is 13.2 Å². The lowest BCUT2D eigenvalue weighted by atomic mass is 10.2. The van der Waals surface area contributed by atoms with E-state index < -0.39 is 0 Å². The molecular formula is C21H18N4O. The van der Waals surface area contributed by atoms with Gasteiger partial charge in [0.05, 0.1) is 6.54 Å². The van der Waals surface area contributed by atoms with Crippen molar-refractivity contribution < 1.29 is 4.74 Å². The molecule has 0 radical (unpaired) electrons. The van der Waals surface area contributed by atoms with E-state index in [1.54, 1.807) is 12.4 Å². The van der Waals surface area contributed by atoms with E-state index in [0.29, 0.717) is 19.0 Å². The molecule has 0 aliphatic heterocycles. The molecule has 1 N–H and O–H groups in total. The highest BCUT2D eigenvalue weighted by atomic mass is 16.5. The van der Waals surface area contributed by atoms with Gasteiger partial charge in [-0.2, -0.15) is 5.26 Å². The molecule has 0 saturated heterocycles. The van der Waals surface area contributed by atoms with Crippen LogP contribution in [0.3, 0.4) is 0 Å². The summed E-state index contributed by atoms with van der Waals surface area (Å²) in [5, 5.41) is 11.6. The van der Waals surface area contributed by atoms with Gasteiger partial charge in [-0.25, -0.2) is 0 Å². The number of nitrogens with zero attached hydrogens (tertiary/aromatic N) is 3. The summed E-state index contributed by atoms with van der Waals surface area (Å²) in [6, 6.07) is 21.5. The third kappa shape index (κ3) is 4.92. The number of pyridine rings is 1. The maximum absolute atomic E-state index is 8.94. The van der Waals surface area contributed by atoms with Crippen LogP contribution in [0.25, 0.3) is 0 Å². The third-order valence-electron chi connectivity index (χ3n) is 3.69. The molecule has 0 aliphatic rings. The van der Waals surface area contributed by atoms with Crippen molar-refractivity contribution in [3.8, 4) is 11.9 Å². The summed E-state index contributed by atoms with van der Waals surface area (Å²) >= 11 is 0. The third-order valence-corrected chi connectivity index (χ3v) is 3.69. The molecule has 26 heavy (non-hydrogen) atoms. The number of rotatable bonds is 6. The van der Waals surface area contributed by atoms with Gasteiger partial charge in [0.25, 0.3) is 0 Å². The lowest BCUT2D eigenvalue weighted by Gasteiger charge is -2.08. The SMILES string of the molecule is N#CNC(=NCc1cccc(OCc2ccccc2)c1)c1ccncc1. The molecule has 5 nitrogen and oxygen atoms in total. The number of nitriles is 1. The Morgan fingerprint density at radius 1 is 1.00 bits per heavy atom. The van der Waals surface area contributed by atoms with E-state index in [4.69, 9.17) is 10.00 Å². The van der Waals surface area contributed by atoms with Crippen molar-refractivity contribution in [3.63, 3.8) is 0 Å². The Bertz CT molecular complexity index is 902. The van der Waals surface area contributed by atoms with E-state index >= 15 is 0 Å². The number of hydrogen-bond donors (Lipinski definition) is 1. The van der Waals surface area contributed by atoms with Gasteiger partial charge in [-0.3, -0.25) is 15.3 Å². The van der Waals surface area contributed by atoms with Crippen LogP contribution in [0.5, 0.6) is 5.75 Å². The fourth-order valence-corrected chi connectivity index (χ4v) is 2.41. The summed E-state index contributed by atoms with van der Waals surface area (Å²) in [6.07, 6.45) is 5.26. The van der Waals surface area contributed by atoms with Crippen molar-refractivity contribution in [1.82, 2.24) is 10.3 Å². The van der Waals surface area contributed by atoms with Gasteiger partial charge in [0, 0.05) is 18.0 Å².